The molecule has 2 N–H and O–H groups in total. The Labute approximate surface area is 63.4 Å². The normalized spacial score (nSPS) is 17.7. The van der Waals surface area contributed by atoms with Gasteiger partial charge in [-0.2, -0.15) is 0 Å². The van der Waals surface area contributed by atoms with Crippen LogP contribution in [0.5, 0.6) is 0 Å². The molecule has 0 rings (SSSR count). The Morgan fingerprint density at radius 1 is 1.55 bits per heavy atom. The highest BCUT2D eigenvalue weighted by atomic mass is 19.1. The smallest absolute Gasteiger partial charge is 0.142 e. The monoisotopic (exact) mass is 165 g/mol. The first-order valence-electron chi connectivity index (χ1n) is 3.03. The van der Waals surface area contributed by atoms with E-state index in [1.54, 1.807) is 0 Å². The molecule has 2 unspecified atom stereocenters. The summed E-state index contributed by atoms with van der Waals surface area (Å²) < 4.78 is 36.6. The van der Waals surface area contributed by atoms with Gasteiger partial charge in [-0.3, -0.25) is 0 Å². The molecule has 0 aliphatic carbocycles. The lowest BCUT2D eigenvalue weighted by Crippen LogP contribution is -2.30. The van der Waals surface area contributed by atoms with Gasteiger partial charge in [0.15, 0.2) is 0 Å². The van der Waals surface area contributed by atoms with E-state index in [1.165, 1.54) is 0 Å². The molecule has 0 aromatic rings. The highest BCUT2D eigenvalue weighted by Gasteiger charge is 2.17. The van der Waals surface area contributed by atoms with Crippen molar-refractivity contribution in [3.8, 4) is 0 Å². The van der Waals surface area contributed by atoms with Crippen molar-refractivity contribution in [2.24, 2.45) is 5.73 Å². The highest BCUT2D eigenvalue weighted by Crippen LogP contribution is 2.10. The average molecular weight is 165 g/mol. The van der Waals surface area contributed by atoms with Crippen molar-refractivity contribution >= 4 is 0 Å². The third kappa shape index (κ3) is 3.83. The maximum Gasteiger partial charge on any atom is 0.142 e. The lowest BCUT2D eigenvalue weighted by atomic mass is 10.1. The summed E-state index contributed by atoms with van der Waals surface area (Å²) in [5.41, 5.74) is 4.95. The van der Waals surface area contributed by atoms with Gasteiger partial charge in [-0.15, -0.1) is 0 Å². The SMILES string of the molecule is C=C(F)C(N)C(F)/C=C(\C)F. The minimum Gasteiger partial charge on any atom is -0.319 e. The first kappa shape index (κ1) is 10.2. The minimum absolute atomic E-state index is 0.607. The number of rotatable bonds is 3. The van der Waals surface area contributed by atoms with Crippen LogP contribution in [-0.2, 0) is 0 Å². The molecule has 64 valence electrons. The Balaban J connectivity index is 4.14. The summed E-state index contributed by atoms with van der Waals surface area (Å²) in [6.07, 6.45) is -1.24. The predicted octanol–water partition coefficient (Wildman–Crippen LogP) is 2.01. The van der Waals surface area contributed by atoms with Gasteiger partial charge in [0.25, 0.3) is 0 Å². The Morgan fingerprint density at radius 2 is 2.00 bits per heavy atom. The van der Waals surface area contributed by atoms with Crippen LogP contribution in [0.2, 0.25) is 0 Å². The largest absolute Gasteiger partial charge is 0.319 e. The van der Waals surface area contributed by atoms with Crippen LogP contribution in [0.25, 0.3) is 0 Å². The summed E-state index contributed by atoms with van der Waals surface area (Å²) in [4.78, 5) is 0. The van der Waals surface area contributed by atoms with Crippen LogP contribution in [-0.4, -0.2) is 12.2 Å². The Bertz CT molecular complexity index is 173. The molecule has 4 heteroatoms. The second-order valence-corrected chi connectivity index (χ2v) is 2.17. The van der Waals surface area contributed by atoms with Crippen LogP contribution < -0.4 is 5.73 Å². The van der Waals surface area contributed by atoms with Crippen molar-refractivity contribution in [3.05, 3.63) is 24.3 Å². The van der Waals surface area contributed by atoms with Crippen LogP contribution in [0.3, 0.4) is 0 Å². The standard InChI is InChI=1S/C7H10F3N/c1-4(8)3-6(10)7(11)5(2)9/h3,6-7H,2,11H2,1H3/b4-3+. The molecule has 0 aromatic heterocycles. The molecule has 11 heavy (non-hydrogen) atoms. The number of allylic oxidation sites excluding steroid dienone is 1. The summed E-state index contributed by atoms with van der Waals surface area (Å²) in [6.45, 7) is 3.86. The van der Waals surface area contributed by atoms with E-state index in [0.29, 0.717) is 6.08 Å². The molecule has 0 radical (unpaired) electrons. The molecule has 0 heterocycles. The fraction of sp³-hybridized carbons (Fsp3) is 0.429. The van der Waals surface area contributed by atoms with E-state index in [0.717, 1.165) is 6.92 Å². The molecule has 1 nitrogen and oxygen atoms in total. The van der Waals surface area contributed by atoms with Gasteiger partial charge in [-0.05, 0) is 13.0 Å². The van der Waals surface area contributed by atoms with E-state index in [9.17, 15) is 13.2 Å². The molecular weight excluding hydrogens is 155 g/mol. The number of alkyl halides is 1. The van der Waals surface area contributed by atoms with Crippen LogP contribution in [0.1, 0.15) is 6.92 Å². The van der Waals surface area contributed by atoms with Crippen LogP contribution in [0, 0.1) is 0 Å². The molecule has 0 saturated heterocycles. The van der Waals surface area contributed by atoms with E-state index < -0.39 is 23.9 Å². The fourth-order valence-electron chi connectivity index (χ4n) is 0.496. The molecule has 0 bridgehead atoms. The van der Waals surface area contributed by atoms with E-state index >= 15 is 0 Å². The highest BCUT2D eigenvalue weighted by molar-refractivity contribution is 5.06. The number of nitrogens with two attached hydrogens (primary N) is 1. The van der Waals surface area contributed by atoms with Gasteiger partial charge >= 0.3 is 0 Å². The number of halogens is 3. The Morgan fingerprint density at radius 3 is 2.27 bits per heavy atom. The lowest BCUT2D eigenvalue weighted by Gasteiger charge is -2.09. The van der Waals surface area contributed by atoms with E-state index in [1.807, 2.05) is 0 Å². The molecule has 2 atom stereocenters. The first-order chi connectivity index (χ1) is 4.95. The summed E-state index contributed by atoms with van der Waals surface area (Å²) in [7, 11) is 0. The molecule has 0 aliphatic rings. The maximum atomic E-state index is 12.6. The van der Waals surface area contributed by atoms with Crippen molar-refractivity contribution in [2.45, 2.75) is 19.1 Å². The van der Waals surface area contributed by atoms with Gasteiger partial charge in [-0.1, -0.05) is 6.58 Å². The number of hydrogen-bond acceptors (Lipinski definition) is 1. The van der Waals surface area contributed by atoms with Crippen molar-refractivity contribution < 1.29 is 13.2 Å². The molecule has 0 saturated carbocycles. The second-order valence-electron chi connectivity index (χ2n) is 2.17. The van der Waals surface area contributed by atoms with Gasteiger partial charge < -0.3 is 5.73 Å². The van der Waals surface area contributed by atoms with E-state index in [4.69, 9.17) is 5.73 Å². The van der Waals surface area contributed by atoms with Gasteiger partial charge in [-0.25, -0.2) is 13.2 Å². The topological polar surface area (TPSA) is 26.0 Å². The van der Waals surface area contributed by atoms with Crippen LogP contribution in [0.4, 0.5) is 13.2 Å². The zero-order valence-corrected chi connectivity index (χ0v) is 6.15. The third-order valence-electron chi connectivity index (χ3n) is 1.09. The van der Waals surface area contributed by atoms with Gasteiger partial charge in [0.1, 0.15) is 12.0 Å². The summed E-state index contributed by atoms with van der Waals surface area (Å²) in [5, 5.41) is 0. The fourth-order valence-corrected chi connectivity index (χ4v) is 0.496. The Kier molecular flexibility index (Phi) is 3.89. The molecule has 0 amide bonds. The maximum absolute atomic E-state index is 12.6. The van der Waals surface area contributed by atoms with Crippen molar-refractivity contribution in [2.75, 3.05) is 0 Å². The predicted molar refractivity (Wildman–Crippen MR) is 38.0 cm³/mol. The van der Waals surface area contributed by atoms with Gasteiger partial charge in [0.05, 0.1) is 11.9 Å². The van der Waals surface area contributed by atoms with Crippen molar-refractivity contribution in [1.29, 1.82) is 0 Å². The Hall–Kier alpha value is -0.770. The minimum atomic E-state index is -1.85. The number of hydrogen-bond donors (Lipinski definition) is 1. The molecule has 0 aromatic carbocycles. The average Bonchev–Trinajstić information content (AvgIpc) is 1.84. The van der Waals surface area contributed by atoms with E-state index in [2.05, 4.69) is 6.58 Å². The summed E-state index contributed by atoms with van der Waals surface area (Å²) >= 11 is 0. The van der Waals surface area contributed by atoms with Crippen molar-refractivity contribution in [1.82, 2.24) is 0 Å². The quantitative estimate of drug-likeness (QED) is 0.680. The first-order valence-corrected chi connectivity index (χ1v) is 3.03. The summed E-state index contributed by atoms with van der Waals surface area (Å²) in [5.74, 6) is -1.72. The molecular formula is C7H10F3N. The lowest BCUT2D eigenvalue weighted by molar-refractivity contribution is 0.331. The van der Waals surface area contributed by atoms with Crippen LogP contribution in [0.15, 0.2) is 24.3 Å². The van der Waals surface area contributed by atoms with Gasteiger partial charge in [0, 0.05) is 0 Å². The van der Waals surface area contributed by atoms with Gasteiger partial charge in [0.2, 0.25) is 0 Å². The molecule has 0 fully saturated rings. The molecule has 0 spiro atoms. The van der Waals surface area contributed by atoms with Crippen molar-refractivity contribution in [3.63, 3.8) is 0 Å². The summed E-state index contributed by atoms with van der Waals surface area (Å²) in [6, 6.07) is -1.47. The zero-order valence-electron chi connectivity index (χ0n) is 6.15. The second kappa shape index (κ2) is 4.18. The third-order valence-corrected chi connectivity index (χ3v) is 1.09. The molecule has 0 aliphatic heterocycles. The van der Waals surface area contributed by atoms with E-state index in [-0.39, 0.29) is 0 Å². The zero-order chi connectivity index (χ0) is 9.02. The van der Waals surface area contributed by atoms with Crippen LogP contribution >= 0.6 is 0 Å².